The predicted octanol–water partition coefficient (Wildman–Crippen LogP) is 3.48. The Morgan fingerprint density at radius 2 is 1.87 bits per heavy atom. The maximum absolute atomic E-state index is 12.2. The number of H-pyrrole nitrogens is 1. The average molecular weight is 306 g/mol. The van der Waals surface area contributed by atoms with Crippen LogP contribution < -0.4 is 10.9 Å². The van der Waals surface area contributed by atoms with Crippen LogP contribution in [0, 0.1) is 13.8 Å². The minimum absolute atomic E-state index is 0.00476. The molecule has 23 heavy (non-hydrogen) atoms. The molecule has 118 valence electrons. The molecule has 0 amide bonds. The van der Waals surface area contributed by atoms with Gasteiger partial charge in [0.05, 0.1) is 5.52 Å². The van der Waals surface area contributed by atoms with E-state index in [-0.39, 0.29) is 5.56 Å². The van der Waals surface area contributed by atoms with E-state index in [1.54, 1.807) is 0 Å². The van der Waals surface area contributed by atoms with Gasteiger partial charge in [0.15, 0.2) is 0 Å². The number of aromatic amines is 1. The van der Waals surface area contributed by atoms with Crippen LogP contribution in [0.25, 0.3) is 10.9 Å². The van der Waals surface area contributed by atoms with Gasteiger partial charge < -0.3 is 10.3 Å². The molecular weight excluding hydrogens is 284 g/mol. The molecule has 2 aromatic carbocycles. The lowest BCUT2D eigenvalue weighted by Gasteiger charge is -2.07. The standard InChI is InChI=1S/C20H22N2O/c1-14-5-3-7-16(11-14)9-10-21-13-18-12-17-8-4-6-15(2)19(17)22-20(18)23/h3-8,11-12,21H,9-10,13H2,1-2H3,(H,22,23). The number of aromatic nitrogens is 1. The van der Waals surface area contributed by atoms with Crippen LogP contribution in [-0.4, -0.2) is 11.5 Å². The van der Waals surface area contributed by atoms with Crippen molar-refractivity contribution in [1.29, 1.82) is 0 Å². The second kappa shape index (κ2) is 6.80. The summed E-state index contributed by atoms with van der Waals surface area (Å²) in [6, 6.07) is 16.6. The van der Waals surface area contributed by atoms with Gasteiger partial charge in [0.1, 0.15) is 0 Å². The molecule has 0 aliphatic heterocycles. The van der Waals surface area contributed by atoms with Crippen molar-refractivity contribution in [3.05, 3.63) is 81.1 Å². The van der Waals surface area contributed by atoms with Gasteiger partial charge in [0.2, 0.25) is 0 Å². The number of fused-ring (bicyclic) bond motifs is 1. The van der Waals surface area contributed by atoms with E-state index in [1.165, 1.54) is 11.1 Å². The van der Waals surface area contributed by atoms with Crippen molar-refractivity contribution in [2.45, 2.75) is 26.8 Å². The Balaban J connectivity index is 1.65. The highest BCUT2D eigenvalue weighted by molar-refractivity contribution is 5.81. The Labute approximate surface area is 136 Å². The number of benzene rings is 2. The molecule has 0 aliphatic carbocycles. The van der Waals surface area contributed by atoms with E-state index in [0.29, 0.717) is 6.54 Å². The maximum Gasteiger partial charge on any atom is 0.252 e. The highest BCUT2D eigenvalue weighted by Crippen LogP contribution is 2.14. The van der Waals surface area contributed by atoms with Gasteiger partial charge in [-0.25, -0.2) is 0 Å². The summed E-state index contributed by atoms with van der Waals surface area (Å²) in [6.07, 6.45) is 0.965. The summed E-state index contributed by atoms with van der Waals surface area (Å²) >= 11 is 0. The Hall–Kier alpha value is -2.39. The van der Waals surface area contributed by atoms with E-state index < -0.39 is 0 Å². The lowest BCUT2D eigenvalue weighted by Crippen LogP contribution is -2.23. The minimum atomic E-state index is -0.00476. The lowest BCUT2D eigenvalue weighted by atomic mass is 10.1. The van der Waals surface area contributed by atoms with Crippen LogP contribution in [0.2, 0.25) is 0 Å². The first-order chi connectivity index (χ1) is 11.1. The Morgan fingerprint density at radius 3 is 2.70 bits per heavy atom. The van der Waals surface area contributed by atoms with E-state index in [9.17, 15) is 4.79 Å². The largest absolute Gasteiger partial charge is 0.321 e. The normalized spacial score (nSPS) is 11.0. The van der Waals surface area contributed by atoms with Crippen LogP contribution in [0.4, 0.5) is 0 Å². The molecule has 1 heterocycles. The average Bonchev–Trinajstić information content (AvgIpc) is 2.53. The monoisotopic (exact) mass is 306 g/mol. The number of rotatable bonds is 5. The van der Waals surface area contributed by atoms with E-state index >= 15 is 0 Å². The molecule has 1 aromatic heterocycles. The Kier molecular flexibility index (Phi) is 4.58. The van der Waals surface area contributed by atoms with Crippen molar-refractivity contribution in [1.82, 2.24) is 10.3 Å². The van der Waals surface area contributed by atoms with Crippen LogP contribution in [0.5, 0.6) is 0 Å². The van der Waals surface area contributed by atoms with E-state index in [2.05, 4.69) is 41.5 Å². The first-order valence-electron chi connectivity index (χ1n) is 8.01. The molecule has 0 fully saturated rings. The van der Waals surface area contributed by atoms with Crippen LogP contribution in [-0.2, 0) is 13.0 Å². The van der Waals surface area contributed by atoms with Gasteiger partial charge in [-0.3, -0.25) is 4.79 Å². The summed E-state index contributed by atoms with van der Waals surface area (Å²) < 4.78 is 0. The summed E-state index contributed by atoms with van der Waals surface area (Å²) in [5.74, 6) is 0. The third-order valence-corrected chi connectivity index (χ3v) is 4.15. The zero-order chi connectivity index (χ0) is 16.2. The Morgan fingerprint density at radius 1 is 1.04 bits per heavy atom. The number of hydrogen-bond donors (Lipinski definition) is 2. The van der Waals surface area contributed by atoms with Gasteiger partial charge in [-0.1, -0.05) is 48.0 Å². The maximum atomic E-state index is 12.2. The van der Waals surface area contributed by atoms with E-state index in [1.807, 2.05) is 31.2 Å². The molecule has 0 saturated heterocycles. The topological polar surface area (TPSA) is 44.9 Å². The summed E-state index contributed by atoms with van der Waals surface area (Å²) in [5, 5.41) is 4.45. The first kappa shape index (κ1) is 15.5. The summed E-state index contributed by atoms with van der Waals surface area (Å²) in [4.78, 5) is 15.2. The molecule has 3 nitrogen and oxygen atoms in total. The van der Waals surface area contributed by atoms with Crippen molar-refractivity contribution >= 4 is 10.9 Å². The number of aryl methyl sites for hydroxylation is 2. The molecule has 0 atom stereocenters. The molecule has 0 aliphatic rings. The van der Waals surface area contributed by atoms with Gasteiger partial charge in [-0.05, 0) is 49.4 Å². The second-order valence-corrected chi connectivity index (χ2v) is 6.08. The predicted molar refractivity (Wildman–Crippen MR) is 95.9 cm³/mol. The van der Waals surface area contributed by atoms with Crippen molar-refractivity contribution in [3.63, 3.8) is 0 Å². The van der Waals surface area contributed by atoms with Crippen LogP contribution in [0.3, 0.4) is 0 Å². The third kappa shape index (κ3) is 3.69. The van der Waals surface area contributed by atoms with Crippen molar-refractivity contribution < 1.29 is 0 Å². The second-order valence-electron chi connectivity index (χ2n) is 6.08. The molecular formula is C20H22N2O. The molecule has 0 spiro atoms. The minimum Gasteiger partial charge on any atom is -0.321 e. The van der Waals surface area contributed by atoms with Gasteiger partial charge in [0.25, 0.3) is 5.56 Å². The van der Waals surface area contributed by atoms with Gasteiger partial charge in [-0.2, -0.15) is 0 Å². The number of para-hydroxylation sites is 1. The first-order valence-corrected chi connectivity index (χ1v) is 8.01. The fourth-order valence-corrected chi connectivity index (χ4v) is 2.88. The molecule has 3 aromatic rings. The number of pyridine rings is 1. The Bertz CT molecular complexity index is 880. The zero-order valence-electron chi connectivity index (χ0n) is 13.6. The fourth-order valence-electron chi connectivity index (χ4n) is 2.88. The van der Waals surface area contributed by atoms with Gasteiger partial charge in [0, 0.05) is 12.1 Å². The highest BCUT2D eigenvalue weighted by Gasteiger charge is 2.04. The molecule has 3 heteroatoms. The fraction of sp³-hybridized carbons (Fsp3) is 0.250. The van der Waals surface area contributed by atoms with Crippen LogP contribution in [0.1, 0.15) is 22.3 Å². The van der Waals surface area contributed by atoms with Gasteiger partial charge >= 0.3 is 0 Å². The smallest absolute Gasteiger partial charge is 0.252 e. The van der Waals surface area contributed by atoms with Crippen LogP contribution >= 0.6 is 0 Å². The third-order valence-electron chi connectivity index (χ3n) is 4.15. The van der Waals surface area contributed by atoms with Crippen molar-refractivity contribution in [2.75, 3.05) is 6.54 Å². The molecule has 3 rings (SSSR count). The number of nitrogens with one attached hydrogen (secondary N) is 2. The SMILES string of the molecule is Cc1cccc(CCNCc2cc3cccc(C)c3[nH]c2=O)c1. The highest BCUT2D eigenvalue weighted by atomic mass is 16.1. The molecule has 0 bridgehead atoms. The van der Waals surface area contributed by atoms with Crippen molar-refractivity contribution in [3.8, 4) is 0 Å². The quantitative estimate of drug-likeness (QED) is 0.709. The number of hydrogen-bond acceptors (Lipinski definition) is 2. The molecule has 0 radical (unpaired) electrons. The summed E-state index contributed by atoms with van der Waals surface area (Å²) in [5.41, 5.74) is 5.41. The van der Waals surface area contributed by atoms with Crippen molar-refractivity contribution in [2.24, 2.45) is 0 Å². The van der Waals surface area contributed by atoms with Gasteiger partial charge in [-0.15, -0.1) is 0 Å². The molecule has 0 saturated carbocycles. The van der Waals surface area contributed by atoms with E-state index in [0.717, 1.165) is 35.0 Å². The molecule has 2 N–H and O–H groups in total. The lowest BCUT2D eigenvalue weighted by molar-refractivity contribution is 0.682. The summed E-state index contributed by atoms with van der Waals surface area (Å²) in [6.45, 7) is 5.56. The van der Waals surface area contributed by atoms with Crippen LogP contribution in [0.15, 0.2) is 53.3 Å². The molecule has 0 unspecified atom stereocenters. The van der Waals surface area contributed by atoms with E-state index in [4.69, 9.17) is 0 Å². The zero-order valence-corrected chi connectivity index (χ0v) is 13.6. The summed E-state index contributed by atoms with van der Waals surface area (Å²) in [7, 11) is 0.